The summed E-state index contributed by atoms with van der Waals surface area (Å²) < 4.78 is 11.6. The molecule has 3 aromatic rings. The Morgan fingerprint density at radius 1 is 1.28 bits per heavy atom. The Morgan fingerprint density at radius 3 is 2.88 bits per heavy atom. The van der Waals surface area contributed by atoms with Crippen molar-refractivity contribution in [2.75, 3.05) is 6.61 Å². The van der Waals surface area contributed by atoms with Crippen LogP contribution in [0.25, 0.3) is 6.08 Å². The Hall–Kier alpha value is -2.61. The third kappa shape index (κ3) is 6.45. The van der Waals surface area contributed by atoms with Crippen molar-refractivity contribution in [1.29, 1.82) is 0 Å². The van der Waals surface area contributed by atoms with Crippen molar-refractivity contribution in [2.24, 2.45) is 5.92 Å². The molecule has 1 atom stereocenters. The van der Waals surface area contributed by atoms with Gasteiger partial charge in [0.05, 0.1) is 16.5 Å². The fourth-order valence-corrected chi connectivity index (χ4v) is 3.84. The second kappa shape index (κ2) is 10.3. The molecule has 1 aliphatic carbocycles. The normalized spacial score (nSPS) is 14.3. The van der Waals surface area contributed by atoms with Gasteiger partial charge in [0.15, 0.2) is 0 Å². The van der Waals surface area contributed by atoms with Crippen molar-refractivity contribution < 1.29 is 14.3 Å². The zero-order valence-corrected chi connectivity index (χ0v) is 19.6. The molecule has 0 unspecified atom stereocenters. The van der Waals surface area contributed by atoms with Gasteiger partial charge in [-0.1, -0.05) is 40.6 Å². The molecule has 1 N–H and O–H groups in total. The van der Waals surface area contributed by atoms with Crippen LogP contribution in [0.1, 0.15) is 35.0 Å². The highest BCUT2D eigenvalue weighted by Gasteiger charge is 2.22. The number of thiazole rings is 1. The lowest BCUT2D eigenvalue weighted by Crippen LogP contribution is -2.30. The monoisotopic (exact) mass is 489 g/mol. The average molecular weight is 490 g/mol. The Kier molecular flexibility index (Phi) is 7.29. The lowest BCUT2D eigenvalue weighted by Gasteiger charge is -2.09. The molecule has 2 aromatic heterocycles. The van der Waals surface area contributed by atoms with E-state index in [2.05, 4.69) is 15.3 Å². The number of nitrogens with zero attached hydrogens (tertiary/aromatic N) is 2. The molecule has 0 saturated heterocycles. The Morgan fingerprint density at radius 2 is 2.12 bits per heavy atom. The van der Waals surface area contributed by atoms with Crippen LogP contribution in [-0.4, -0.2) is 28.5 Å². The molecule has 6 nitrogen and oxygen atoms in total. The van der Waals surface area contributed by atoms with Gasteiger partial charge in [-0.05, 0) is 56.0 Å². The quantitative estimate of drug-likeness (QED) is 0.359. The SMILES string of the molecule is C[C@@H](/C=C/c1cnc(Oc2ccc(OCC3CC3)cc2Cl)s1)NC(=O)c1ccnc(Cl)c1. The second-order valence-corrected chi connectivity index (χ2v) is 9.28. The molecule has 2 heterocycles. The first-order valence-corrected chi connectivity index (χ1v) is 11.7. The fraction of sp³-hybridized carbons (Fsp3) is 0.261. The maximum absolute atomic E-state index is 12.3. The number of aromatic nitrogens is 2. The molecule has 1 fully saturated rings. The van der Waals surface area contributed by atoms with Gasteiger partial charge in [-0.25, -0.2) is 9.97 Å². The van der Waals surface area contributed by atoms with Crippen LogP contribution in [0.4, 0.5) is 0 Å². The number of nitrogens with one attached hydrogen (secondary N) is 1. The summed E-state index contributed by atoms with van der Waals surface area (Å²) in [6.45, 7) is 2.61. The maximum atomic E-state index is 12.3. The Labute approximate surface area is 200 Å². The average Bonchev–Trinajstić information content (AvgIpc) is 3.50. The van der Waals surface area contributed by atoms with Crippen LogP contribution >= 0.6 is 34.5 Å². The summed E-state index contributed by atoms with van der Waals surface area (Å²) in [5.41, 5.74) is 0.458. The first-order valence-electron chi connectivity index (χ1n) is 10.1. The number of amides is 1. The molecule has 166 valence electrons. The molecular weight excluding hydrogens is 469 g/mol. The van der Waals surface area contributed by atoms with Gasteiger partial charge in [-0.15, -0.1) is 0 Å². The summed E-state index contributed by atoms with van der Waals surface area (Å²) in [4.78, 5) is 21.3. The van der Waals surface area contributed by atoms with Crippen LogP contribution in [0.3, 0.4) is 0 Å². The van der Waals surface area contributed by atoms with Crippen LogP contribution in [0.2, 0.25) is 10.2 Å². The topological polar surface area (TPSA) is 73.3 Å². The first kappa shape index (κ1) is 22.6. The van der Waals surface area contributed by atoms with Crippen LogP contribution in [0.15, 0.2) is 48.8 Å². The van der Waals surface area contributed by atoms with E-state index in [4.69, 9.17) is 32.7 Å². The van der Waals surface area contributed by atoms with E-state index < -0.39 is 0 Å². The van der Waals surface area contributed by atoms with Gasteiger partial charge < -0.3 is 14.8 Å². The van der Waals surface area contributed by atoms with Crippen molar-refractivity contribution >= 4 is 46.5 Å². The largest absolute Gasteiger partial charge is 0.493 e. The van der Waals surface area contributed by atoms with Gasteiger partial charge in [0.2, 0.25) is 0 Å². The van der Waals surface area contributed by atoms with Crippen molar-refractivity contribution in [3.8, 4) is 16.7 Å². The van der Waals surface area contributed by atoms with Crippen LogP contribution in [-0.2, 0) is 0 Å². The molecule has 0 spiro atoms. The van der Waals surface area contributed by atoms with E-state index in [1.54, 1.807) is 24.4 Å². The van der Waals surface area contributed by atoms with Gasteiger partial charge >= 0.3 is 0 Å². The van der Waals surface area contributed by atoms with Crippen LogP contribution in [0.5, 0.6) is 16.7 Å². The number of pyridine rings is 1. The summed E-state index contributed by atoms with van der Waals surface area (Å²) in [6.07, 6.45) is 9.43. The van der Waals surface area contributed by atoms with Crippen LogP contribution < -0.4 is 14.8 Å². The highest BCUT2D eigenvalue weighted by Crippen LogP contribution is 2.35. The lowest BCUT2D eigenvalue weighted by molar-refractivity contribution is 0.0947. The molecule has 1 amide bonds. The van der Waals surface area contributed by atoms with E-state index >= 15 is 0 Å². The molecule has 1 saturated carbocycles. The Bertz CT molecular complexity index is 1130. The molecule has 0 radical (unpaired) electrons. The minimum atomic E-state index is -0.223. The molecule has 4 rings (SSSR count). The summed E-state index contributed by atoms with van der Waals surface area (Å²) in [7, 11) is 0. The number of halogens is 2. The zero-order valence-electron chi connectivity index (χ0n) is 17.3. The number of hydrogen-bond donors (Lipinski definition) is 1. The lowest BCUT2D eigenvalue weighted by atomic mass is 10.2. The van der Waals surface area contributed by atoms with Gasteiger partial charge in [0, 0.05) is 30.1 Å². The van der Waals surface area contributed by atoms with E-state index in [9.17, 15) is 4.79 Å². The summed E-state index contributed by atoms with van der Waals surface area (Å²) >= 11 is 13.5. The fourth-order valence-electron chi connectivity index (χ4n) is 2.76. The zero-order chi connectivity index (χ0) is 22.5. The predicted octanol–water partition coefficient (Wildman–Crippen LogP) is 6.26. The van der Waals surface area contributed by atoms with Crippen molar-refractivity contribution in [3.05, 3.63) is 69.4 Å². The molecule has 9 heteroatoms. The van der Waals surface area contributed by atoms with Crippen LogP contribution in [0, 0.1) is 5.92 Å². The van der Waals surface area contributed by atoms with Gasteiger partial charge in [0.1, 0.15) is 16.7 Å². The van der Waals surface area contributed by atoms with Gasteiger partial charge in [-0.2, -0.15) is 0 Å². The van der Waals surface area contributed by atoms with E-state index in [0.717, 1.165) is 17.2 Å². The van der Waals surface area contributed by atoms with Gasteiger partial charge in [-0.3, -0.25) is 4.79 Å². The third-order valence-electron chi connectivity index (χ3n) is 4.68. The number of rotatable bonds is 9. The standard InChI is InChI=1S/C23H21Cl2N3O3S/c1-14(28-22(29)16-8-9-26-21(25)10-16)2-6-18-12-27-23(32-18)31-20-7-5-17(11-19(20)24)30-13-15-3-4-15/h2,5-12,14-15H,3-4,13H2,1H3,(H,28,29)/b6-2+/t14-/m0/s1. The minimum absolute atomic E-state index is 0.196. The maximum Gasteiger partial charge on any atom is 0.279 e. The molecule has 0 aliphatic heterocycles. The highest BCUT2D eigenvalue weighted by molar-refractivity contribution is 7.14. The van der Waals surface area contributed by atoms with Gasteiger partial charge in [0.25, 0.3) is 11.1 Å². The third-order valence-corrected chi connectivity index (χ3v) is 6.02. The van der Waals surface area contributed by atoms with E-state index in [1.807, 2.05) is 25.1 Å². The summed E-state index contributed by atoms with van der Waals surface area (Å²) in [5.74, 6) is 1.71. The first-order chi connectivity index (χ1) is 15.5. The highest BCUT2D eigenvalue weighted by atomic mass is 35.5. The summed E-state index contributed by atoms with van der Waals surface area (Å²) in [5, 5.41) is 4.11. The van der Waals surface area contributed by atoms with Crippen molar-refractivity contribution in [3.63, 3.8) is 0 Å². The number of carbonyl (C=O) groups excluding carboxylic acids is 1. The smallest absolute Gasteiger partial charge is 0.279 e. The molecule has 0 bridgehead atoms. The van der Waals surface area contributed by atoms with Crippen molar-refractivity contribution in [1.82, 2.24) is 15.3 Å². The number of hydrogen-bond acceptors (Lipinski definition) is 6. The second-order valence-electron chi connectivity index (χ2n) is 7.47. The molecular formula is C23H21Cl2N3O3S. The summed E-state index contributed by atoms with van der Waals surface area (Å²) in [6, 6.07) is 8.33. The minimum Gasteiger partial charge on any atom is -0.493 e. The van der Waals surface area contributed by atoms with E-state index in [-0.39, 0.29) is 17.1 Å². The predicted molar refractivity (Wildman–Crippen MR) is 127 cm³/mol. The molecule has 1 aromatic carbocycles. The van der Waals surface area contributed by atoms with Crippen molar-refractivity contribution in [2.45, 2.75) is 25.8 Å². The van der Waals surface area contributed by atoms with E-state index in [0.29, 0.717) is 27.4 Å². The Balaban J connectivity index is 1.31. The number of ether oxygens (including phenoxy) is 2. The molecule has 32 heavy (non-hydrogen) atoms. The number of carbonyl (C=O) groups is 1. The molecule has 1 aliphatic rings. The number of benzene rings is 1. The van der Waals surface area contributed by atoms with E-state index in [1.165, 1.54) is 36.4 Å².